The summed E-state index contributed by atoms with van der Waals surface area (Å²) in [5, 5.41) is -1.05. The average molecular weight is 333 g/mol. The number of hydrogen-bond donors (Lipinski definition) is 1. The third-order valence-electron chi connectivity index (χ3n) is 1.50. The normalized spacial score (nSPS) is 10.6. The highest BCUT2D eigenvalue weighted by Gasteiger charge is 2.20. The Morgan fingerprint density at radius 2 is 2.14 bits per heavy atom. The number of rotatable bonds is 2. The van der Waals surface area contributed by atoms with E-state index in [4.69, 9.17) is 11.6 Å². The summed E-state index contributed by atoms with van der Waals surface area (Å²) in [7, 11) is 0. The Labute approximate surface area is 95.6 Å². The molecule has 76 valence electrons. The van der Waals surface area contributed by atoms with Gasteiger partial charge in [-0.05, 0) is 34.2 Å². The third kappa shape index (κ3) is 2.11. The van der Waals surface area contributed by atoms with Gasteiger partial charge in [-0.15, -0.1) is 0 Å². The molecular weight excluding hydrogens is 330 g/mol. The van der Waals surface area contributed by atoms with Gasteiger partial charge in [-0.25, -0.2) is 8.78 Å². The second kappa shape index (κ2) is 4.35. The Morgan fingerprint density at radius 1 is 1.57 bits per heavy atom. The lowest BCUT2D eigenvalue weighted by Gasteiger charge is -2.03. The predicted octanol–water partition coefficient (Wildman–Crippen LogP) is 2.30. The summed E-state index contributed by atoms with van der Waals surface area (Å²) in [5.41, 5.74) is -2.22. The molecule has 0 atom stereocenters. The van der Waals surface area contributed by atoms with Crippen molar-refractivity contribution in [2.24, 2.45) is 0 Å². The molecule has 7 heteroatoms. The van der Waals surface area contributed by atoms with Crippen LogP contribution in [-0.4, -0.2) is 10.2 Å². The molecule has 0 aliphatic heterocycles. The molecule has 0 amide bonds. The lowest BCUT2D eigenvalue weighted by Crippen LogP contribution is -2.19. The van der Waals surface area contributed by atoms with E-state index >= 15 is 0 Å². The molecule has 1 aromatic heterocycles. The number of aromatic nitrogens is 1. The quantitative estimate of drug-likeness (QED) is 0.513. The summed E-state index contributed by atoms with van der Waals surface area (Å²) >= 11 is 6.58. The van der Waals surface area contributed by atoms with Gasteiger partial charge in [0.25, 0.3) is 11.7 Å². The zero-order valence-corrected chi connectivity index (χ0v) is 9.40. The maximum atomic E-state index is 12.4. The van der Waals surface area contributed by atoms with Crippen molar-refractivity contribution >= 4 is 39.4 Å². The van der Waals surface area contributed by atoms with Crippen LogP contribution in [0.5, 0.6) is 0 Å². The molecular formula is C7H3ClF2INO2. The molecule has 0 saturated heterocycles. The summed E-state index contributed by atoms with van der Waals surface area (Å²) < 4.78 is 24.7. The van der Waals surface area contributed by atoms with Crippen molar-refractivity contribution in [3.63, 3.8) is 0 Å². The topological polar surface area (TPSA) is 49.9 Å². The van der Waals surface area contributed by atoms with Gasteiger partial charge in [0.1, 0.15) is 0 Å². The number of aromatic amines is 1. The van der Waals surface area contributed by atoms with Crippen LogP contribution in [0.4, 0.5) is 8.78 Å². The van der Waals surface area contributed by atoms with E-state index in [1.54, 1.807) is 22.6 Å². The van der Waals surface area contributed by atoms with Crippen LogP contribution in [-0.2, 0) is 0 Å². The van der Waals surface area contributed by atoms with Gasteiger partial charge >= 0.3 is 0 Å². The summed E-state index contributed by atoms with van der Waals surface area (Å²) in [6.45, 7) is 0. The number of pyridine rings is 1. The SMILES string of the molecule is O=C(Cl)c1c[nH]c(I)c(C(F)F)c1=O. The van der Waals surface area contributed by atoms with Gasteiger partial charge < -0.3 is 4.98 Å². The lowest BCUT2D eigenvalue weighted by atomic mass is 10.2. The Balaban J connectivity index is 3.50. The van der Waals surface area contributed by atoms with E-state index in [1.807, 2.05) is 0 Å². The van der Waals surface area contributed by atoms with Gasteiger partial charge in [0.2, 0.25) is 5.43 Å². The highest BCUT2D eigenvalue weighted by molar-refractivity contribution is 14.1. The van der Waals surface area contributed by atoms with E-state index in [9.17, 15) is 18.4 Å². The molecule has 1 aromatic rings. The molecule has 0 spiro atoms. The van der Waals surface area contributed by atoms with E-state index in [0.29, 0.717) is 0 Å². The zero-order chi connectivity index (χ0) is 10.9. The molecule has 0 aliphatic carbocycles. The van der Waals surface area contributed by atoms with Crippen LogP contribution in [0.25, 0.3) is 0 Å². The standard InChI is InChI=1S/C7H3ClF2INO2/c8-5(14)2-1-12-7(11)3(4(2)13)6(9)10/h1,6H,(H,12,13). The first-order valence-electron chi connectivity index (χ1n) is 3.34. The summed E-state index contributed by atoms with van der Waals surface area (Å²) in [6, 6.07) is 0. The van der Waals surface area contributed by atoms with Gasteiger partial charge in [-0.2, -0.15) is 0 Å². The van der Waals surface area contributed by atoms with E-state index in [2.05, 4.69) is 4.98 Å². The smallest absolute Gasteiger partial charge is 0.270 e. The first kappa shape index (κ1) is 11.6. The maximum absolute atomic E-state index is 12.4. The van der Waals surface area contributed by atoms with Crippen molar-refractivity contribution in [3.05, 3.63) is 31.2 Å². The fraction of sp³-hybridized carbons (Fsp3) is 0.143. The van der Waals surface area contributed by atoms with Crippen LogP contribution in [0.3, 0.4) is 0 Å². The molecule has 0 aromatic carbocycles. The Bertz CT molecular complexity index is 432. The largest absolute Gasteiger partial charge is 0.355 e. The van der Waals surface area contributed by atoms with E-state index in [0.717, 1.165) is 6.20 Å². The van der Waals surface area contributed by atoms with Gasteiger partial charge in [-0.1, -0.05) is 0 Å². The molecule has 3 nitrogen and oxygen atoms in total. The minimum absolute atomic E-state index is 0.00395. The van der Waals surface area contributed by atoms with Crippen LogP contribution in [0.15, 0.2) is 11.0 Å². The molecule has 1 N–H and O–H groups in total. The van der Waals surface area contributed by atoms with Crippen LogP contribution < -0.4 is 5.43 Å². The first-order valence-corrected chi connectivity index (χ1v) is 4.80. The van der Waals surface area contributed by atoms with Gasteiger partial charge in [0, 0.05) is 6.20 Å². The Morgan fingerprint density at radius 3 is 2.57 bits per heavy atom. The van der Waals surface area contributed by atoms with Crippen molar-refractivity contribution in [2.75, 3.05) is 0 Å². The monoisotopic (exact) mass is 333 g/mol. The minimum Gasteiger partial charge on any atom is -0.355 e. The number of carbonyl (C=O) groups excluding carboxylic acids is 1. The summed E-state index contributed by atoms with van der Waals surface area (Å²) in [6.07, 6.45) is -1.91. The third-order valence-corrected chi connectivity index (χ3v) is 2.60. The summed E-state index contributed by atoms with van der Waals surface area (Å²) in [5.74, 6) is 0. The molecule has 0 bridgehead atoms. The van der Waals surface area contributed by atoms with E-state index < -0.39 is 28.2 Å². The number of H-pyrrole nitrogens is 1. The van der Waals surface area contributed by atoms with Crippen molar-refractivity contribution in [2.45, 2.75) is 6.43 Å². The van der Waals surface area contributed by atoms with Crippen LogP contribution in [0, 0.1) is 3.70 Å². The van der Waals surface area contributed by atoms with Crippen LogP contribution >= 0.6 is 34.2 Å². The molecule has 1 rings (SSSR count). The average Bonchev–Trinajstić information content (AvgIpc) is 2.02. The Hall–Kier alpha value is -0.500. The fourth-order valence-electron chi connectivity index (χ4n) is 0.864. The fourth-order valence-corrected chi connectivity index (χ4v) is 1.64. The number of hydrogen-bond acceptors (Lipinski definition) is 2. The maximum Gasteiger partial charge on any atom is 0.270 e. The Kier molecular flexibility index (Phi) is 3.59. The molecule has 14 heavy (non-hydrogen) atoms. The highest BCUT2D eigenvalue weighted by atomic mass is 127. The number of nitrogens with one attached hydrogen (secondary N) is 1. The number of alkyl halides is 2. The molecule has 1 heterocycles. The van der Waals surface area contributed by atoms with E-state index in [1.165, 1.54) is 0 Å². The van der Waals surface area contributed by atoms with Crippen molar-refractivity contribution in [1.29, 1.82) is 0 Å². The number of halogens is 4. The van der Waals surface area contributed by atoms with Gasteiger partial charge in [-0.3, -0.25) is 9.59 Å². The van der Waals surface area contributed by atoms with Crippen molar-refractivity contribution in [1.82, 2.24) is 4.98 Å². The van der Waals surface area contributed by atoms with Gasteiger partial charge in [0.15, 0.2) is 0 Å². The molecule has 0 fully saturated rings. The number of carbonyl (C=O) groups is 1. The molecule has 0 aliphatic rings. The summed E-state index contributed by atoms with van der Waals surface area (Å²) in [4.78, 5) is 24.3. The van der Waals surface area contributed by atoms with Crippen molar-refractivity contribution in [3.8, 4) is 0 Å². The van der Waals surface area contributed by atoms with Crippen molar-refractivity contribution < 1.29 is 13.6 Å². The lowest BCUT2D eigenvalue weighted by molar-refractivity contribution is 0.107. The zero-order valence-electron chi connectivity index (χ0n) is 6.48. The first-order chi connectivity index (χ1) is 6.45. The van der Waals surface area contributed by atoms with Crippen LogP contribution in [0.2, 0.25) is 0 Å². The second-order valence-corrected chi connectivity index (χ2v) is 3.76. The minimum atomic E-state index is -2.93. The molecule has 0 saturated carbocycles. The van der Waals surface area contributed by atoms with E-state index in [-0.39, 0.29) is 3.70 Å². The predicted molar refractivity (Wildman–Crippen MR) is 54.9 cm³/mol. The van der Waals surface area contributed by atoms with Crippen LogP contribution in [0.1, 0.15) is 22.3 Å². The second-order valence-electron chi connectivity index (χ2n) is 2.33. The molecule has 0 radical (unpaired) electrons. The molecule has 0 unspecified atom stereocenters. The van der Waals surface area contributed by atoms with Gasteiger partial charge in [0.05, 0.1) is 14.8 Å². The highest BCUT2D eigenvalue weighted by Crippen LogP contribution is 2.19.